The molecule has 0 aliphatic heterocycles. The molecule has 0 unspecified atom stereocenters. The molecule has 0 bridgehead atoms. The molecule has 0 heterocycles. The molecule has 0 saturated heterocycles. The van der Waals surface area contributed by atoms with Gasteiger partial charge in [0.25, 0.3) is 0 Å². The number of amides is 1. The van der Waals surface area contributed by atoms with Gasteiger partial charge in [0, 0.05) is 6.42 Å². The summed E-state index contributed by atoms with van der Waals surface area (Å²) in [5.74, 6) is -1.91. The highest BCUT2D eigenvalue weighted by atomic mass is 32.2. The Morgan fingerprint density at radius 1 is 1.33 bits per heavy atom. The SMILES string of the molecule is COc1ccc(S(=O)(=O)N[C@@H](CCC(N)=O)C(=O)[O-])cc1. The number of hydrogen-bond donors (Lipinski definition) is 2. The van der Waals surface area contributed by atoms with E-state index in [2.05, 4.69) is 0 Å². The zero-order valence-corrected chi connectivity index (χ0v) is 12.1. The number of sulfonamides is 1. The van der Waals surface area contributed by atoms with Crippen LogP contribution in [-0.2, 0) is 19.6 Å². The van der Waals surface area contributed by atoms with Gasteiger partial charge in [-0.25, -0.2) is 13.1 Å². The largest absolute Gasteiger partial charge is 0.548 e. The van der Waals surface area contributed by atoms with Gasteiger partial charge in [-0.1, -0.05) is 0 Å². The molecule has 21 heavy (non-hydrogen) atoms. The number of aliphatic carboxylic acids is 1. The van der Waals surface area contributed by atoms with E-state index in [1.165, 1.54) is 31.4 Å². The lowest BCUT2D eigenvalue weighted by atomic mass is 10.2. The van der Waals surface area contributed by atoms with Gasteiger partial charge in [0.05, 0.1) is 24.0 Å². The van der Waals surface area contributed by atoms with Crippen LogP contribution < -0.4 is 20.3 Å². The van der Waals surface area contributed by atoms with Gasteiger partial charge in [-0.3, -0.25) is 4.79 Å². The summed E-state index contributed by atoms with van der Waals surface area (Å²) in [4.78, 5) is 21.4. The van der Waals surface area contributed by atoms with Gasteiger partial charge in [0.15, 0.2) is 0 Å². The molecule has 8 nitrogen and oxygen atoms in total. The Bertz CT molecular complexity index is 611. The summed E-state index contributed by atoms with van der Waals surface area (Å²) in [5.41, 5.74) is 4.90. The number of benzene rings is 1. The third-order valence-corrected chi connectivity index (χ3v) is 4.12. The van der Waals surface area contributed by atoms with Gasteiger partial charge in [-0.15, -0.1) is 0 Å². The first kappa shape index (κ1) is 16.9. The van der Waals surface area contributed by atoms with Crippen molar-refractivity contribution in [1.82, 2.24) is 4.72 Å². The Morgan fingerprint density at radius 3 is 2.33 bits per heavy atom. The fourth-order valence-electron chi connectivity index (χ4n) is 1.52. The highest BCUT2D eigenvalue weighted by molar-refractivity contribution is 7.89. The summed E-state index contributed by atoms with van der Waals surface area (Å²) in [7, 11) is -2.63. The van der Waals surface area contributed by atoms with Crippen molar-refractivity contribution in [3.05, 3.63) is 24.3 Å². The molecule has 0 aliphatic carbocycles. The average Bonchev–Trinajstić information content (AvgIpc) is 2.43. The Kier molecular flexibility index (Phi) is 5.68. The standard InChI is InChI=1S/C12H16N2O6S/c1-20-8-2-4-9(5-3-8)21(18,19)14-10(12(16)17)6-7-11(13)15/h2-5,10,14H,6-7H2,1H3,(H2,13,15)(H,16,17)/p-1/t10-/m0/s1. The van der Waals surface area contributed by atoms with Crippen LogP contribution in [0.3, 0.4) is 0 Å². The summed E-state index contributed by atoms with van der Waals surface area (Å²) in [6.45, 7) is 0. The highest BCUT2D eigenvalue weighted by Crippen LogP contribution is 2.16. The molecule has 0 saturated carbocycles. The van der Waals surface area contributed by atoms with Crippen LogP contribution in [-0.4, -0.2) is 33.4 Å². The van der Waals surface area contributed by atoms with Crippen LogP contribution in [0.5, 0.6) is 5.75 Å². The number of carbonyl (C=O) groups is 2. The lowest BCUT2D eigenvalue weighted by Crippen LogP contribution is -2.48. The molecule has 3 N–H and O–H groups in total. The Labute approximate surface area is 122 Å². The molecular weight excluding hydrogens is 300 g/mol. The van der Waals surface area contributed by atoms with Crippen molar-refractivity contribution in [2.24, 2.45) is 5.73 Å². The number of rotatable bonds is 8. The van der Waals surface area contributed by atoms with Crippen molar-refractivity contribution < 1.29 is 27.9 Å². The lowest BCUT2D eigenvalue weighted by Gasteiger charge is -2.19. The number of methoxy groups -OCH3 is 1. The van der Waals surface area contributed by atoms with Crippen LogP contribution in [0.25, 0.3) is 0 Å². The van der Waals surface area contributed by atoms with E-state index < -0.39 is 27.9 Å². The van der Waals surface area contributed by atoms with Gasteiger partial charge in [-0.05, 0) is 30.7 Å². The molecule has 1 amide bonds. The molecule has 1 atom stereocenters. The first-order valence-corrected chi connectivity index (χ1v) is 7.40. The molecule has 0 spiro atoms. The molecule has 0 aromatic heterocycles. The van der Waals surface area contributed by atoms with Crippen molar-refractivity contribution in [2.45, 2.75) is 23.8 Å². The molecule has 1 aromatic rings. The monoisotopic (exact) mass is 315 g/mol. The Hall–Kier alpha value is -2.13. The van der Waals surface area contributed by atoms with Gasteiger partial charge in [0.2, 0.25) is 15.9 Å². The number of carboxylic acids is 1. The molecular formula is C12H15N2O6S-. The van der Waals surface area contributed by atoms with E-state index in [4.69, 9.17) is 10.5 Å². The maximum absolute atomic E-state index is 12.0. The molecule has 1 aromatic carbocycles. The zero-order valence-electron chi connectivity index (χ0n) is 11.2. The van der Waals surface area contributed by atoms with Gasteiger partial charge in [0.1, 0.15) is 5.75 Å². The number of nitrogens with two attached hydrogens (primary N) is 1. The molecule has 9 heteroatoms. The Balaban J connectivity index is 2.89. The highest BCUT2D eigenvalue weighted by Gasteiger charge is 2.21. The van der Waals surface area contributed by atoms with Crippen molar-refractivity contribution >= 4 is 21.9 Å². The van der Waals surface area contributed by atoms with E-state index in [0.29, 0.717) is 5.75 Å². The Morgan fingerprint density at radius 2 is 1.90 bits per heavy atom. The van der Waals surface area contributed by atoms with E-state index in [9.17, 15) is 23.1 Å². The second-order valence-electron chi connectivity index (χ2n) is 4.17. The third-order valence-electron chi connectivity index (χ3n) is 2.63. The fourth-order valence-corrected chi connectivity index (χ4v) is 2.74. The number of primary amides is 1. The smallest absolute Gasteiger partial charge is 0.241 e. The summed E-state index contributed by atoms with van der Waals surface area (Å²) in [6, 6.07) is 3.84. The van der Waals surface area contributed by atoms with E-state index in [1.54, 1.807) is 0 Å². The van der Waals surface area contributed by atoms with Crippen LogP contribution in [0.2, 0.25) is 0 Å². The van der Waals surface area contributed by atoms with Crippen LogP contribution >= 0.6 is 0 Å². The minimum atomic E-state index is -4.06. The summed E-state index contributed by atoms with van der Waals surface area (Å²) >= 11 is 0. The second kappa shape index (κ2) is 7.04. The van der Waals surface area contributed by atoms with Crippen molar-refractivity contribution in [2.75, 3.05) is 7.11 Å². The minimum absolute atomic E-state index is 0.131. The van der Waals surface area contributed by atoms with E-state index in [0.717, 1.165) is 0 Å². The minimum Gasteiger partial charge on any atom is -0.548 e. The normalized spacial score (nSPS) is 12.6. The first-order chi connectivity index (χ1) is 9.76. The van der Waals surface area contributed by atoms with Crippen LogP contribution in [0.15, 0.2) is 29.2 Å². The van der Waals surface area contributed by atoms with E-state index >= 15 is 0 Å². The maximum atomic E-state index is 12.0. The van der Waals surface area contributed by atoms with Crippen molar-refractivity contribution in [3.63, 3.8) is 0 Å². The first-order valence-electron chi connectivity index (χ1n) is 5.92. The van der Waals surface area contributed by atoms with Crippen LogP contribution in [0.1, 0.15) is 12.8 Å². The van der Waals surface area contributed by atoms with Gasteiger partial charge in [-0.2, -0.15) is 0 Å². The van der Waals surface area contributed by atoms with Crippen LogP contribution in [0, 0.1) is 0 Å². The van der Waals surface area contributed by atoms with Crippen molar-refractivity contribution in [1.29, 1.82) is 0 Å². The molecule has 116 valence electrons. The maximum Gasteiger partial charge on any atom is 0.241 e. The number of hydrogen-bond acceptors (Lipinski definition) is 6. The third kappa shape index (κ3) is 5.04. The lowest BCUT2D eigenvalue weighted by molar-refractivity contribution is -0.308. The average molecular weight is 315 g/mol. The van der Waals surface area contributed by atoms with Crippen LogP contribution in [0.4, 0.5) is 0 Å². The zero-order chi connectivity index (χ0) is 16.0. The summed E-state index contributed by atoms with van der Waals surface area (Å²) in [5, 5.41) is 10.9. The topological polar surface area (TPSA) is 139 Å². The quantitative estimate of drug-likeness (QED) is 0.589. The van der Waals surface area contributed by atoms with Gasteiger partial charge >= 0.3 is 0 Å². The second-order valence-corrected chi connectivity index (χ2v) is 5.89. The predicted molar refractivity (Wildman–Crippen MR) is 70.5 cm³/mol. The van der Waals surface area contributed by atoms with Crippen molar-refractivity contribution in [3.8, 4) is 5.75 Å². The number of ether oxygens (including phenoxy) is 1. The fraction of sp³-hybridized carbons (Fsp3) is 0.333. The predicted octanol–water partition coefficient (Wildman–Crippen LogP) is -1.64. The number of carbonyl (C=O) groups excluding carboxylic acids is 2. The summed E-state index contributed by atoms with van der Waals surface area (Å²) in [6.07, 6.45) is -0.559. The number of carboxylic acid groups (broad SMARTS) is 1. The molecule has 0 radical (unpaired) electrons. The summed E-state index contributed by atoms with van der Waals surface area (Å²) < 4.78 is 30.9. The molecule has 0 fully saturated rings. The number of nitrogens with one attached hydrogen (secondary N) is 1. The van der Waals surface area contributed by atoms with E-state index in [-0.39, 0.29) is 17.7 Å². The van der Waals surface area contributed by atoms with Gasteiger partial charge < -0.3 is 20.4 Å². The molecule has 1 rings (SSSR count). The molecule has 0 aliphatic rings. The van der Waals surface area contributed by atoms with E-state index in [1.807, 2.05) is 4.72 Å².